The Morgan fingerprint density at radius 3 is 2.56 bits per heavy atom. The molecule has 0 radical (unpaired) electrons. The van der Waals surface area contributed by atoms with E-state index in [0.717, 1.165) is 18.8 Å². The van der Waals surface area contributed by atoms with Crippen LogP contribution in [0.3, 0.4) is 0 Å². The molecule has 2 rings (SSSR count). The Balaban J connectivity index is 2.21. The molecule has 4 heteroatoms. The first kappa shape index (κ1) is 13.2. The second-order valence-electron chi connectivity index (χ2n) is 3.92. The Hall–Kier alpha value is -1.25. The second kappa shape index (κ2) is 6.62. The van der Waals surface area contributed by atoms with E-state index in [1.54, 1.807) is 12.4 Å². The Kier molecular flexibility index (Phi) is 4.85. The van der Waals surface area contributed by atoms with E-state index >= 15 is 0 Å². The van der Waals surface area contributed by atoms with Gasteiger partial charge in [-0.25, -0.2) is 0 Å². The van der Waals surface area contributed by atoms with Gasteiger partial charge in [-0.15, -0.1) is 11.6 Å². The molecular weight excluding hydrogens is 267 g/mol. The van der Waals surface area contributed by atoms with Crippen molar-refractivity contribution in [3.63, 3.8) is 0 Å². The van der Waals surface area contributed by atoms with Gasteiger partial charge in [0.05, 0.1) is 10.7 Å². The molecule has 0 amide bonds. The van der Waals surface area contributed by atoms with Gasteiger partial charge in [0.15, 0.2) is 0 Å². The topological polar surface area (TPSA) is 16.1 Å². The summed E-state index contributed by atoms with van der Waals surface area (Å²) in [5, 5.41) is 0.651. The Labute approximate surface area is 117 Å². The predicted molar refractivity (Wildman–Crippen MR) is 77.5 cm³/mol. The first-order valence-corrected chi connectivity index (χ1v) is 6.67. The van der Waals surface area contributed by atoms with E-state index in [-0.39, 0.29) is 0 Å². The first-order valence-electron chi connectivity index (χ1n) is 5.75. The van der Waals surface area contributed by atoms with Crippen LogP contribution in [0.2, 0.25) is 5.02 Å². The number of hydrogen-bond acceptors (Lipinski definition) is 2. The number of anilines is 1. The number of hydrogen-bond donors (Lipinski definition) is 0. The fourth-order valence-electron chi connectivity index (χ4n) is 1.81. The van der Waals surface area contributed by atoms with Crippen LogP contribution < -0.4 is 4.90 Å². The molecule has 0 saturated carbocycles. The van der Waals surface area contributed by atoms with Gasteiger partial charge in [0.25, 0.3) is 0 Å². The number of benzene rings is 1. The lowest BCUT2D eigenvalue weighted by Crippen LogP contribution is -2.25. The van der Waals surface area contributed by atoms with E-state index in [1.807, 2.05) is 24.3 Å². The maximum atomic E-state index is 6.17. The monoisotopic (exact) mass is 280 g/mol. The van der Waals surface area contributed by atoms with E-state index in [1.165, 1.54) is 5.56 Å². The molecule has 0 unspecified atom stereocenters. The van der Waals surface area contributed by atoms with Gasteiger partial charge >= 0.3 is 0 Å². The second-order valence-corrected chi connectivity index (χ2v) is 4.71. The van der Waals surface area contributed by atoms with Crippen molar-refractivity contribution in [3.8, 4) is 0 Å². The summed E-state index contributed by atoms with van der Waals surface area (Å²) in [6, 6.07) is 12.2. The summed E-state index contributed by atoms with van der Waals surface area (Å²) in [4.78, 5) is 6.16. The average Bonchev–Trinajstić information content (AvgIpc) is 2.40. The molecule has 1 aromatic heterocycles. The molecule has 0 fully saturated rings. The summed E-state index contributed by atoms with van der Waals surface area (Å²) in [5.41, 5.74) is 2.20. The smallest absolute Gasteiger partial charge is 0.0822 e. The fraction of sp³-hybridized carbons (Fsp3) is 0.214. The van der Waals surface area contributed by atoms with Crippen molar-refractivity contribution in [3.05, 3.63) is 59.4 Å². The van der Waals surface area contributed by atoms with E-state index in [0.29, 0.717) is 10.9 Å². The van der Waals surface area contributed by atoms with Crippen molar-refractivity contribution in [2.24, 2.45) is 0 Å². The van der Waals surface area contributed by atoms with Crippen molar-refractivity contribution in [1.29, 1.82) is 0 Å². The highest BCUT2D eigenvalue weighted by molar-refractivity contribution is 6.33. The normalized spacial score (nSPS) is 10.3. The van der Waals surface area contributed by atoms with Crippen LogP contribution in [-0.2, 0) is 6.54 Å². The Morgan fingerprint density at radius 1 is 1.11 bits per heavy atom. The summed E-state index contributed by atoms with van der Waals surface area (Å²) in [5.74, 6) is 0.561. The highest BCUT2D eigenvalue weighted by Gasteiger charge is 2.10. The van der Waals surface area contributed by atoms with Gasteiger partial charge in [0.1, 0.15) is 0 Å². The Morgan fingerprint density at radius 2 is 1.89 bits per heavy atom. The molecular formula is C14H14Cl2N2. The van der Waals surface area contributed by atoms with Crippen LogP contribution in [0.5, 0.6) is 0 Å². The number of nitrogens with zero attached hydrogens (tertiary/aromatic N) is 2. The van der Waals surface area contributed by atoms with E-state index < -0.39 is 0 Å². The molecule has 18 heavy (non-hydrogen) atoms. The molecule has 0 aliphatic heterocycles. The van der Waals surface area contributed by atoms with E-state index in [9.17, 15) is 0 Å². The Bertz CT molecular complexity index is 488. The maximum absolute atomic E-state index is 6.17. The van der Waals surface area contributed by atoms with Crippen molar-refractivity contribution < 1.29 is 0 Å². The minimum Gasteiger partial charge on any atom is -0.365 e. The molecule has 0 aliphatic carbocycles. The maximum Gasteiger partial charge on any atom is 0.0822 e. The third-order valence-electron chi connectivity index (χ3n) is 2.66. The largest absolute Gasteiger partial charge is 0.365 e. The molecule has 0 aliphatic rings. The van der Waals surface area contributed by atoms with Crippen LogP contribution >= 0.6 is 23.2 Å². The van der Waals surface area contributed by atoms with Crippen LogP contribution in [0.15, 0.2) is 48.8 Å². The lowest BCUT2D eigenvalue weighted by molar-refractivity contribution is 0.834. The molecule has 2 nitrogen and oxygen atoms in total. The number of halogens is 2. The van der Waals surface area contributed by atoms with Crippen LogP contribution in [0.4, 0.5) is 5.69 Å². The minimum absolute atomic E-state index is 0.561. The molecule has 2 aromatic rings. The van der Waals surface area contributed by atoms with Gasteiger partial charge in [0.2, 0.25) is 0 Å². The van der Waals surface area contributed by atoms with Gasteiger partial charge in [-0.1, -0.05) is 41.9 Å². The molecule has 1 aromatic carbocycles. The SMILES string of the molecule is ClCCN(Cc1ccccc1)c1ccncc1Cl. The van der Waals surface area contributed by atoms with Crippen LogP contribution in [0, 0.1) is 0 Å². The number of pyridine rings is 1. The van der Waals surface area contributed by atoms with Crippen molar-refractivity contribution in [2.45, 2.75) is 6.54 Å². The number of aromatic nitrogens is 1. The van der Waals surface area contributed by atoms with Crippen LogP contribution in [-0.4, -0.2) is 17.4 Å². The van der Waals surface area contributed by atoms with E-state index in [2.05, 4.69) is 22.0 Å². The van der Waals surface area contributed by atoms with Crippen LogP contribution in [0.25, 0.3) is 0 Å². The highest BCUT2D eigenvalue weighted by Crippen LogP contribution is 2.25. The molecule has 1 heterocycles. The zero-order valence-electron chi connectivity index (χ0n) is 9.89. The molecule has 0 atom stereocenters. The zero-order chi connectivity index (χ0) is 12.8. The molecule has 94 valence electrons. The fourth-order valence-corrected chi connectivity index (χ4v) is 2.26. The molecule has 0 saturated heterocycles. The van der Waals surface area contributed by atoms with Gasteiger partial charge in [-0.05, 0) is 11.6 Å². The summed E-state index contributed by atoms with van der Waals surface area (Å²) in [7, 11) is 0. The predicted octanol–water partition coefficient (Wildman–Crippen LogP) is 3.98. The third kappa shape index (κ3) is 3.37. The molecule has 0 spiro atoms. The van der Waals surface area contributed by atoms with Crippen molar-refractivity contribution >= 4 is 28.9 Å². The van der Waals surface area contributed by atoms with Gasteiger partial charge in [0, 0.05) is 31.4 Å². The summed E-state index contributed by atoms with van der Waals surface area (Å²) < 4.78 is 0. The lowest BCUT2D eigenvalue weighted by atomic mass is 10.2. The standard InChI is InChI=1S/C14H14Cl2N2/c15-7-9-18(11-12-4-2-1-3-5-12)14-6-8-17-10-13(14)16/h1-6,8,10H,7,9,11H2. The molecule has 0 N–H and O–H groups in total. The highest BCUT2D eigenvalue weighted by atomic mass is 35.5. The van der Waals surface area contributed by atoms with Crippen molar-refractivity contribution in [1.82, 2.24) is 4.98 Å². The minimum atomic E-state index is 0.561. The third-order valence-corrected chi connectivity index (χ3v) is 3.12. The van der Waals surface area contributed by atoms with Crippen LogP contribution in [0.1, 0.15) is 5.56 Å². The quantitative estimate of drug-likeness (QED) is 0.771. The van der Waals surface area contributed by atoms with Gasteiger partial charge in [-0.2, -0.15) is 0 Å². The summed E-state index contributed by atoms with van der Waals surface area (Å²) >= 11 is 12.0. The summed E-state index contributed by atoms with van der Waals surface area (Å²) in [6.07, 6.45) is 3.40. The average molecular weight is 281 g/mol. The molecule has 0 bridgehead atoms. The zero-order valence-corrected chi connectivity index (χ0v) is 11.4. The van der Waals surface area contributed by atoms with Crippen molar-refractivity contribution in [2.75, 3.05) is 17.3 Å². The van der Waals surface area contributed by atoms with Gasteiger partial charge in [-0.3, -0.25) is 4.98 Å². The first-order chi connectivity index (χ1) is 8.81. The van der Waals surface area contributed by atoms with Gasteiger partial charge < -0.3 is 4.90 Å². The number of alkyl halides is 1. The number of rotatable bonds is 5. The lowest BCUT2D eigenvalue weighted by Gasteiger charge is -2.24. The van der Waals surface area contributed by atoms with E-state index in [4.69, 9.17) is 23.2 Å². The summed E-state index contributed by atoms with van der Waals surface area (Å²) in [6.45, 7) is 1.54.